The van der Waals surface area contributed by atoms with Gasteiger partial charge < -0.3 is 10.8 Å². The lowest BCUT2D eigenvalue weighted by atomic mass is 10.1. The third-order valence-corrected chi connectivity index (χ3v) is 1.34. The summed E-state index contributed by atoms with van der Waals surface area (Å²) in [5.41, 5.74) is 5.12. The number of aliphatic hydroxyl groups is 1. The van der Waals surface area contributed by atoms with Crippen LogP contribution in [0.4, 0.5) is 0 Å². The van der Waals surface area contributed by atoms with E-state index < -0.39 is 6.23 Å². The molecule has 0 aromatic rings. The summed E-state index contributed by atoms with van der Waals surface area (Å²) in [6, 6.07) is 0. The Morgan fingerprint density at radius 2 is 2.12 bits per heavy atom. The molecule has 0 radical (unpaired) electrons. The van der Waals surface area contributed by atoms with Crippen LogP contribution in [0.15, 0.2) is 0 Å². The molecule has 0 amide bonds. The van der Waals surface area contributed by atoms with Gasteiger partial charge in [-0.05, 0) is 12.3 Å². The molecule has 2 heteroatoms. The van der Waals surface area contributed by atoms with Gasteiger partial charge in [0.25, 0.3) is 0 Å². The predicted octanol–water partition coefficient (Wildman–Crippen LogP) is 0.700. The van der Waals surface area contributed by atoms with Gasteiger partial charge in [0.05, 0.1) is 0 Å². The molecule has 8 heavy (non-hydrogen) atoms. The molecule has 0 aliphatic heterocycles. The van der Waals surface area contributed by atoms with Crippen molar-refractivity contribution in [3.05, 3.63) is 0 Å². The van der Waals surface area contributed by atoms with Crippen molar-refractivity contribution < 1.29 is 5.11 Å². The quantitative estimate of drug-likeness (QED) is 0.534. The van der Waals surface area contributed by atoms with Gasteiger partial charge in [-0.2, -0.15) is 0 Å². The Hall–Kier alpha value is -0.0800. The average Bonchev–Trinajstić information content (AvgIpc) is 1.65. The van der Waals surface area contributed by atoms with E-state index in [-0.39, 0.29) is 0 Å². The Bertz CT molecular complexity index is 54.5. The largest absolute Gasteiger partial charge is 0.379 e. The van der Waals surface area contributed by atoms with E-state index in [2.05, 4.69) is 13.8 Å². The zero-order valence-corrected chi connectivity index (χ0v) is 5.59. The van der Waals surface area contributed by atoms with Gasteiger partial charge in [0.2, 0.25) is 0 Å². The summed E-state index contributed by atoms with van der Waals surface area (Å²) in [5.74, 6) is 0.551. The first-order valence-corrected chi connectivity index (χ1v) is 3.10. The molecule has 1 unspecified atom stereocenters. The van der Waals surface area contributed by atoms with Crippen molar-refractivity contribution in [3.63, 3.8) is 0 Å². The van der Waals surface area contributed by atoms with Crippen LogP contribution in [-0.2, 0) is 0 Å². The van der Waals surface area contributed by atoms with E-state index in [4.69, 9.17) is 10.8 Å². The van der Waals surface area contributed by atoms with Crippen molar-refractivity contribution in [3.8, 4) is 0 Å². The zero-order valence-electron chi connectivity index (χ0n) is 5.59. The summed E-state index contributed by atoms with van der Waals surface area (Å²) in [7, 11) is 0. The van der Waals surface area contributed by atoms with Crippen molar-refractivity contribution in [1.82, 2.24) is 0 Å². The summed E-state index contributed by atoms with van der Waals surface area (Å²) in [5, 5.41) is 8.63. The van der Waals surface area contributed by atoms with Gasteiger partial charge in [-0.25, -0.2) is 0 Å². The van der Waals surface area contributed by atoms with Crippen LogP contribution in [0.5, 0.6) is 0 Å². The van der Waals surface area contributed by atoms with Gasteiger partial charge in [0.15, 0.2) is 0 Å². The molecule has 0 rings (SSSR count). The fourth-order valence-electron chi connectivity index (χ4n) is 0.579. The maximum absolute atomic E-state index is 8.63. The summed E-state index contributed by atoms with van der Waals surface area (Å²) in [6.07, 6.45) is 1.19. The van der Waals surface area contributed by atoms with Crippen LogP contribution in [0.2, 0.25) is 0 Å². The Kier molecular flexibility index (Phi) is 3.83. The van der Waals surface area contributed by atoms with Crippen molar-refractivity contribution in [1.29, 1.82) is 0 Å². The van der Waals surface area contributed by atoms with Gasteiger partial charge in [0.1, 0.15) is 6.23 Å². The summed E-state index contributed by atoms with van der Waals surface area (Å²) >= 11 is 0. The fraction of sp³-hybridized carbons (Fsp3) is 1.00. The van der Waals surface area contributed by atoms with Crippen LogP contribution in [-0.4, -0.2) is 11.3 Å². The van der Waals surface area contributed by atoms with Crippen molar-refractivity contribution in [2.24, 2.45) is 11.7 Å². The molecule has 2 nitrogen and oxygen atoms in total. The molecule has 0 aromatic heterocycles. The highest BCUT2D eigenvalue weighted by molar-refractivity contribution is 4.52. The van der Waals surface area contributed by atoms with E-state index in [9.17, 15) is 0 Å². The Labute approximate surface area is 50.7 Å². The van der Waals surface area contributed by atoms with Crippen LogP contribution >= 0.6 is 0 Å². The van der Waals surface area contributed by atoms with E-state index in [0.29, 0.717) is 5.92 Å². The summed E-state index contributed by atoms with van der Waals surface area (Å²) in [6.45, 7) is 4.17. The predicted molar refractivity (Wildman–Crippen MR) is 34.3 cm³/mol. The van der Waals surface area contributed by atoms with Crippen LogP contribution < -0.4 is 5.73 Å². The molecule has 0 bridgehead atoms. The number of nitrogens with two attached hydrogens (primary N) is 1. The van der Waals surface area contributed by atoms with E-state index in [1.165, 1.54) is 0 Å². The maximum Gasteiger partial charge on any atom is 0.102 e. The number of hydrogen-bond acceptors (Lipinski definition) is 2. The molecule has 0 fully saturated rings. The third-order valence-electron chi connectivity index (χ3n) is 1.34. The minimum Gasteiger partial charge on any atom is -0.379 e. The van der Waals surface area contributed by atoms with E-state index in [0.717, 1.165) is 12.8 Å². The third kappa shape index (κ3) is 4.09. The highest BCUT2D eigenvalue weighted by atomic mass is 16.3. The van der Waals surface area contributed by atoms with Gasteiger partial charge >= 0.3 is 0 Å². The molecule has 0 aliphatic carbocycles. The topological polar surface area (TPSA) is 46.2 Å². The van der Waals surface area contributed by atoms with E-state index in [1.54, 1.807) is 0 Å². The molecule has 0 aliphatic rings. The van der Waals surface area contributed by atoms with Gasteiger partial charge in [-0.3, -0.25) is 0 Å². The van der Waals surface area contributed by atoms with E-state index >= 15 is 0 Å². The van der Waals surface area contributed by atoms with Crippen LogP contribution in [0.3, 0.4) is 0 Å². The molecule has 0 saturated heterocycles. The summed E-state index contributed by atoms with van der Waals surface area (Å²) < 4.78 is 0. The normalized spacial score (nSPS) is 18.0. The number of hydrogen-bond donors (Lipinski definition) is 2. The Morgan fingerprint density at radius 3 is 2.25 bits per heavy atom. The monoisotopic (exact) mass is 117 g/mol. The maximum atomic E-state index is 8.63. The van der Waals surface area contributed by atoms with Gasteiger partial charge in [-0.15, -0.1) is 0 Å². The summed E-state index contributed by atoms with van der Waals surface area (Å²) in [4.78, 5) is 0. The second-order valence-corrected chi connectivity index (χ2v) is 2.32. The van der Waals surface area contributed by atoms with Crippen molar-refractivity contribution in [2.45, 2.75) is 32.9 Å². The molecule has 3 N–H and O–H groups in total. The van der Waals surface area contributed by atoms with Crippen molar-refractivity contribution >= 4 is 0 Å². The van der Waals surface area contributed by atoms with Crippen molar-refractivity contribution in [2.75, 3.05) is 0 Å². The molecule has 2 atom stereocenters. The molecule has 50 valence electrons. The molecule has 0 aromatic carbocycles. The minimum absolute atomic E-state index is 0.551. The first-order chi connectivity index (χ1) is 3.66. The zero-order chi connectivity index (χ0) is 6.57. The first-order valence-electron chi connectivity index (χ1n) is 3.10. The lowest BCUT2D eigenvalue weighted by Crippen LogP contribution is -2.21. The molecule has 0 saturated carbocycles. The van der Waals surface area contributed by atoms with Gasteiger partial charge in [0, 0.05) is 0 Å². The first kappa shape index (κ1) is 7.92. The van der Waals surface area contributed by atoms with Crippen LogP contribution in [0, 0.1) is 5.92 Å². The number of aliphatic hydroxyl groups excluding tert-OH is 1. The lowest BCUT2D eigenvalue weighted by molar-refractivity contribution is 0.151. The lowest BCUT2D eigenvalue weighted by Gasteiger charge is -2.08. The molecular weight excluding hydrogens is 102 g/mol. The highest BCUT2D eigenvalue weighted by Gasteiger charge is 2.01. The Balaban J connectivity index is 3.10. The second-order valence-electron chi connectivity index (χ2n) is 2.32. The average molecular weight is 117 g/mol. The number of rotatable bonds is 3. The fourth-order valence-corrected chi connectivity index (χ4v) is 0.579. The standard InChI is InChI=1S/C6H15NO/c1-3-5(2)4-6(7)8/h5-6,8H,3-4,7H2,1-2H3/t5-,6?/m0/s1. The SMILES string of the molecule is CC[C@H](C)CC(N)O. The van der Waals surface area contributed by atoms with Crippen LogP contribution in [0.25, 0.3) is 0 Å². The highest BCUT2D eigenvalue weighted by Crippen LogP contribution is 2.06. The van der Waals surface area contributed by atoms with E-state index in [1.807, 2.05) is 0 Å². The Morgan fingerprint density at radius 1 is 1.62 bits per heavy atom. The molecular formula is C6H15NO. The van der Waals surface area contributed by atoms with Gasteiger partial charge in [-0.1, -0.05) is 20.3 Å². The minimum atomic E-state index is -0.620. The molecule has 0 spiro atoms. The second kappa shape index (κ2) is 3.87. The molecule has 0 heterocycles. The van der Waals surface area contributed by atoms with Crippen LogP contribution in [0.1, 0.15) is 26.7 Å². The smallest absolute Gasteiger partial charge is 0.102 e.